The van der Waals surface area contributed by atoms with Crippen molar-refractivity contribution in [2.75, 3.05) is 26.2 Å². The van der Waals surface area contributed by atoms with E-state index >= 15 is 0 Å². The van der Waals surface area contributed by atoms with Gasteiger partial charge in [0.05, 0.1) is 26.2 Å². The van der Waals surface area contributed by atoms with Crippen LogP contribution in [0, 0.1) is 0 Å². The van der Waals surface area contributed by atoms with Gasteiger partial charge in [-0.25, -0.2) is 0 Å². The predicted octanol–water partition coefficient (Wildman–Crippen LogP) is 8.90. The van der Waals surface area contributed by atoms with E-state index in [4.69, 9.17) is 0 Å². The lowest BCUT2D eigenvalue weighted by Crippen LogP contribution is -2.50. The second-order valence-electron chi connectivity index (χ2n) is 9.19. The van der Waals surface area contributed by atoms with Gasteiger partial charge in [-0.05, 0) is 32.1 Å². The third kappa shape index (κ3) is 16.6. The Labute approximate surface area is 174 Å². The largest absolute Gasteiger partial charge is 0.324 e. The highest BCUT2D eigenvalue weighted by Gasteiger charge is 2.23. The maximum atomic E-state index is 2.37. The van der Waals surface area contributed by atoms with E-state index in [9.17, 15) is 0 Å². The van der Waals surface area contributed by atoms with E-state index in [1.165, 1.54) is 146 Å². The summed E-state index contributed by atoms with van der Waals surface area (Å²) in [5, 5.41) is 0. The van der Waals surface area contributed by atoms with Crippen LogP contribution >= 0.6 is 0 Å². The van der Waals surface area contributed by atoms with Crippen LogP contribution in [0.4, 0.5) is 0 Å². The molecule has 1 heteroatoms. The quantitative estimate of drug-likeness (QED) is 0.129. The number of unbranched alkanes of at least 4 members (excludes halogenated alkanes) is 14. The zero-order chi connectivity index (χ0) is 20.1. The lowest BCUT2D eigenvalue weighted by molar-refractivity contribution is -0.928. The van der Waals surface area contributed by atoms with Crippen LogP contribution < -0.4 is 0 Å². The standard InChI is InChI=1S/C26H56N/c1-5-9-10-11-12-13-14-15-16-17-18-19-20-21-22-26-27(23-6-2,24-7-3)25-8-4/h5-26H2,1-4H3/q+1. The summed E-state index contributed by atoms with van der Waals surface area (Å²) in [4.78, 5) is 0. The lowest BCUT2D eigenvalue weighted by atomic mass is 10.0. The van der Waals surface area contributed by atoms with Gasteiger partial charge < -0.3 is 4.48 Å². The molecular weight excluding hydrogens is 326 g/mol. The van der Waals surface area contributed by atoms with E-state index < -0.39 is 0 Å². The van der Waals surface area contributed by atoms with E-state index in [-0.39, 0.29) is 0 Å². The van der Waals surface area contributed by atoms with Crippen molar-refractivity contribution in [2.45, 2.75) is 143 Å². The summed E-state index contributed by atoms with van der Waals surface area (Å²) >= 11 is 0. The topological polar surface area (TPSA) is 0 Å². The first-order chi connectivity index (χ1) is 13.2. The highest BCUT2D eigenvalue weighted by atomic mass is 15.3. The average Bonchev–Trinajstić information content (AvgIpc) is 2.65. The highest BCUT2D eigenvalue weighted by Crippen LogP contribution is 2.16. The molecule has 0 spiro atoms. The molecule has 0 rings (SSSR count). The summed E-state index contributed by atoms with van der Waals surface area (Å²) in [6.45, 7) is 15.0. The van der Waals surface area contributed by atoms with Crippen molar-refractivity contribution in [3.63, 3.8) is 0 Å². The zero-order valence-corrected chi connectivity index (χ0v) is 20.0. The smallest absolute Gasteiger partial charge is 0.0786 e. The third-order valence-electron chi connectivity index (χ3n) is 6.33. The maximum Gasteiger partial charge on any atom is 0.0786 e. The third-order valence-corrected chi connectivity index (χ3v) is 6.33. The number of nitrogens with zero attached hydrogens (tertiary/aromatic N) is 1. The van der Waals surface area contributed by atoms with Gasteiger partial charge in [0.2, 0.25) is 0 Å². The van der Waals surface area contributed by atoms with Crippen LogP contribution in [0.1, 0.15) is 143 Å². The van der Waals surface area contributed by atoms with Crippen molar-refractivity contribution in [1.82, 2.24) is 0 Å². The van der Waals surface area contributed by atoms with Gasteiger partial charge in [-0.3, -0.25) is 0 Å². The van der Waals surface area contributed by atoms with E-state index in [0.717, 1.165) is 0 Å². The summed E-state index contributed by atoms with van der Waals surface area (Å²) in [6.07, 6.45) is 26.0. The second-order valence-corrected chi connectivity index (χ2v) is 9.19. The molecule has 0 N–H and O–H groups in total. The van der Waals surface area contributed by atoms with E-state index in [1.54, 1.807) is 0 Å². The van der Waals surface area contributed by atoms with Crippen molar-refractivity contribution in [3.05, 3.63) is 0 Å². The average molecular weight is 383 g/mol. The molecule has 0 aromatic heterocycles. The zero-order valence-electron chi connectivity index (χ0n) is 20.0. The fraction of sp³-hybridized carbons (Fsp3) is 1.00. The molecule has 0 saturated carbocycles. The van der Waals surface area contributed by atoms with Crippen LogP contribution in [0.15, 0.2) is 0 Å². The molecule has 0 radical (unpaired) electrons. The number of quaternary nitrogens is 1. The summed E-state index contributed by atoms with van der Waals surface area (Å²) in [6, 6.07) is 0. The highest BCUT2D eigenvalue weighted by molar-refractivity contribution is 4.51. The molecule has 164 valence electrons. The van der Waals surface area contributed by atoms with Crippen LogP contribution in [0.2, 0.25) is 0 Å². The monoisotopic (exact) mass is 382 g/mol. The molecule has 0 fully saturated rings. The molecule has 0 aliphatic carbocycles. The Morgan fingerprint density at radius 3 is 0.889 bits per heavy atom. The fourth-order valence-electron chi connectivity index (χ4n) is 4.91. The minimum absolute atomic E-state index is 1.35. The first-order valence-corrected chi connectivity index (χ1v) is 13.1. The van der Waals surface area contributed by atoms with Crippen LogP contribution in [0.3, 0.4) is 0 Å². The van der Waals surface area contributed by atoms with Gasteiger partial charge in [-0.15, -0.1) is 0 Å². The Bertz CT molecular complexity index is 256. The van der Waals surface area contributed by atoms with E-state index in [1.807, 2.05) is 0 Å². The maximum absolute atomic E-state index is 2.37. The van der Waals surface area contributed by atoms with Gasteiger partial charge in [0.25, 0.3) is 0 Å². The predicted molar refractivity (Wildman–Crippen MR) is 126 cm³/mol. The number of hydrogen-bond donors (Lipinski definition) is 0. The van der Waals surface area contributed by atoms with Crippen molar-refractivity contribution >= 4 is 0 Å². The number of hydrogen-bond acceptors (Lipinski definition) is 0. The molecule has 0 atom stereocenters. The molecule has 1 nitrogen and oxygen atoms in total. The molecule has 0 aromatic rings. The van der Waals surface area contributed by atoms with Crippen molar-refractivity contribution in [1.29, 1.82) is 0 Å². The van der Waals surface area contributed by atoms with Gasteiger partial charge >= 0.3 is 0 Å². The fourth-order valence-corrected chi connectivity index (χ4v) is 4.91. The summed E-state index contributed by atoms with van der Waals surface area (Å²) in [7, 11) is 0. The van der Waals surface area contributed by atoms with Crippen molar-refractivity contribution < 1.29 is 4.48 Å². The lowest BCUT2D eigenvalue weighted by Gasteiger charge is -2.38. The van der Waals surface area contributed by atoms with Crippen molar-refractivity contribution in [3.8, 4) is 0 Å². The SMILES string of the molecule is CCCCCCCCCCCCCCCCC[N+](CCC)(CCC)CCC. The Hall–Kier alpha value is -0.0400. The van der Waals surface area contributed by atoms with Gasteiger partial charge in [0, 0.05) is 0 Å². The minimum Gasteiger partial charge on any atom is -0.324 e. The van der Waals surface area contributed by atoms with Gasteiger partial charge in [0.1, 0.15) is 0 Å². The van der Waals surface area contributed by atoms with E-state index in [0.29, 0.717) is 0 Å². The summed E-state index contributed by atoms with van der Waals surface area (Å²) in [5.74, 6) is 0. The molecule has 0 aromatic carbocycles. The van der Waals surface area contributed by atoms with Gasteiger partial charge in [-0.2, -0.15) is 0 Å². The van der Waals surface area contributed by atoms with Gasteiger partial charge in [0.15, 0.2) is 0 Å². The molecule has 0 amide bonds. The molecule has 0 aliphatic heterocycles. The molecule has 27 heavy (non-hydrogen) atoms. The van der Waals surface area contributed by atoms with Crippen LogP contribution in [-0.2, 0) is 0 Å². The summed E-state index contributed by atoms with van der Waals surface area (Å²) in [5.41, 5.74) is 0. The van der Waals surface area contributed by atoms with E-state index in [2.05, 4.69) is 27.7 Å². The first-order valence-electron chi connectivity index (χ1n) is 13.1. The van der Waals surface area contributed by atoms with Crippen LogP contribution in [0.5, 0.6) is 0 Å². The molecule has 0 saturated heterocycles. The molecule has 0 heterocycles. The Morgan fingerprint density at radius 2 is 0.593 bits per heavy atom. The Balaban J connectivity index is 3.49. The van der Waals surface area contributed by atoms with Crippen molar-refractivity contribution in [2.24, 2.45) is 0 Å². The number of rotatable bonds is 22. The second kappa shape index (κ2) is 20.7. The summed E-state index contributed by atoms with van der Waals surface area (Å²) < 4.78 is 1.40. The molecule has 0 bridgehead atoms. The minimum atomic E-state index is 1.35. The molecular formula is C26H56N+. The normalized spacial score (nSPS) is 12.0. The first kappa shape index (κ1) is 27.0. The molecule has 0 unspecified atom stereocenters. The van der Waals surface area contributed by atoms with Crippen LogP contribution in [0.25, 0.3) is 0 Å². The Morgan fingerprint density at radius 1 is 0.296 bits per heavy atom. The van der Waals surface area contributed by atoms with Crippen LogP contribution in [-0.4, -0.2) is 30.7 Å². The Kier molecular flexibility index (Phi) is 20.7. The van der Waals surface area contributed by atoms with Gasteiger partial charge in [-0.1, -0.05) is 111 Å². The molecule has 0 aliphatic rings.